The number of hydrogen-bond donors (Lipinski definition) is 1. The van der Waals surface area contributed by atoms with E-state index in [0.717, 1.165) is 47.7 Å². The number of nitrogens with one attached hydrogen (secondary N) is 1. The van der Waals surface area contributed by atoms with Gasteiger partial charge < -0.3 is 9.88 Å². The fourth-order valence-corrected chi connectivity index (χ4v) is 3.24. The summed E-state index contributed by atoms with van der Waals surface area (Å²) in [5.41, 5.74) is 3.65. The highest BCUT2D eigenvalue weighted by Crippen LogP contribution is 2.28. The maximum atomic E-state index is 6.37. The van der Waals surface area contributed by atoms with Gasteiger partial charge in [0.05, 0.1) is 5.69 Å². The van der Waals surface area contributed by atoms with Gasteiger partial charge in [-0.25, -0.2) is 4.98 Å². The first-order valence-electron chi connectivity index (χ1n) is 8.67. The highest BCUT2D eigenvalue weighted by atomic mass is 35.5. The number of anilines is 1. The number of fused-ring (bicyclic) bond motifs is 1. The SMILES string of the molecule is Bc1cnn2c(NCCCn3cccc3)cc(-c3ccccc3Cl)nc12. The van der Waals surface area contributed by atoms with Gasteiger partial charge in [-0.1, -0.05) is 29.8 Å². The maximum Gasteiger partial charge on any atom is 0.151 e. The van der Waals surface area contributed by atoms with Crippen molar-refractivity contribution in [2.24, 2.45) is 0 Å². The van der Waals surface area contributed by atoms with Crippen LogP contribution in [0.3, 0.4) is 0 Å². The summed E-state index contributed by atoms with van der Waals surface area (Å²) >= 11 is 6.37. The Morgan fingerprint density at radius 2 is 1.92 bits per heavy atom. The molecule has 26 heavy (non-hydrogen) atoms. The Kier molecular flexibility index (Phi) is 4.67. The zero-order valence-corrected chi connectivity index (χ0v) is 15.3. The highest BCUT2D eigenvalue weighted by Gasteiger charge is 2.12. The first-order valence-corrected chi connectivity index (χ1v) is 9.05. The summed E-state index contributed by atoms with van der Waals surface area (Å²) in [4.78, 5) is 4.77. The lowest BCUT2D eigenvalue weighted by atomic mass is 10.0. The largest absolute Gasteiger partial charge is 0.370 e. The Hall–Kier alpha value is -2.73. The van der Waals surface area contributed by atoms with E-state index in [9.17, 15) is 0 Å². The summed E-state index contributed by atoms with van der Waals surface area (Å²) in [5.74, 6) is 0.922. The Morgan fingerprint density at radius 3 is 2.73 bits per heavy atom. The van der Waals surface area contributed by atoms with Crippen LogP contribution in [-0.4, -0.2) is 33.6 Å². The Bertz CT molecular complexity index is 1030. The predicted molar refractivity (Wildman–Crippen MR) is 109 cm³/mol. The van der Waals surface area contributed by atoms with Crippen molar-refractivity contribution in [3.63, 3.8) is 0 Å². The first kappa shape index (κ1) is 16.7. The third kappa shape index (κ3) is 3.33. The van der Waals surface area contributed by atoms with Crippen molar-refractivity contribution in [1.82, 2.24) is 19.2 Å². The summed E-state index contributed by atoms with van der Waals surface area (Å²) in [6.07, 6.45) is 7.01. The number of aryl methyl sites for hydroxylation is 1. The number of aromatic nitrogens is 4. The van der Waals surface area contributed by atoms with Gasteiger partial charge in [0, 0.05) is 48.3 Å². The molecule has 0 unspecified atom stereocenters. The lowest BCUT2D eigenvalue weighted by Crippen LogP contribution is -2.11. The average Bonchev–Trinajstić information content (AvgIpc) is 3.29. The van der Waals surface area contributed by atoms with Crippen LogP contribution in [0, 0.1) is 0 Å². The summed E-state index contributed by atoms with van der Waals surface area (Å²) in [5, 5.41) is 8.65. The van der Waals surface area contributed by atoms with Gasteiger partial charge in [0.15, 0.2) is 5.65 Å². The van der Waals surface area contributed by atoms with Gasteiger partial charge in [-0.2, -0.15) is 9.61 Å². The molecule has 1 N–H and O–H groups in total. The van der Waals surface area contributed by atoms with Gasteiger partial charge in [0.2, 0.25) is 0 Å². The van der Waals surface area contributed by atoms with Crippen molar-refractivity contribution in [1.29, 1.82) is 0 Å². The molecule has 0 aliphatic carbocycles. The van der Waals surface area contributed by atoms with Gasteiger partial charge in [-0.15, -0.1) is 0 Å². The lowest BCUT2D eigenvalue weighted by Gasteiger charge is -2.12. The van der Waals surface area contributed by atoms with E-state index in [4.69, 9.17) is 16.6 Å². The van der Waals surface area contributed by atoms with E-state index in [0.29, 0.717) is 5.02 Å². The van der Waals surface area contributed by atoms with E-state index in [1.165, 1.54) is 0 Å². The molecule has 4 aromatic rings. The van der Waals surface area contributed by atoms with Crippen LogP contribution in [0.25, 0.3) is 16.9 Å². The van der Waals surface area contributed by atoms with Crippen molar-refractivity contribution in [3.05, 3.63) is 66.1 Å². The normalized spacial score (nSPS) is 11.1. The van der Waals surface area contributed by atoms with Crippen LogP contribution in [0.15, 0.2) is 61.1 Å². The molecule has 0 bridgehead atoms. The van der Waals surface area contributed by atoms with Crippen LogP contribution < -0.4 is 10.8 Å². The smallest absolute Gasteiger partial charge is 0.151 e. The average molecular weight is 364 g/mol. The van der Waals surface area contributed by atoms with Crippen LogP contribution in [-0.2, 0) is 6.54 Å². The molecule has 3 aromatic heterocycles. The third-order valence-electron chi connectivity index (χ3n) is 4.36. The Balaban J connectivity index is 1.61. The van der Waals surface area contributed by atoms with Gasteiger partial charge in [0.1, 0.15) is 13.7 Å². The molecule has 3 heterocycles. The van der Waals surface area contributed by atoms with Gasteiger partial charge >= 0.3 is 0 Å². The van der Waals surface area contributed by atoms with E-state index in [1.807, 2.05) is 61.0 Å². The summed E-state index contributed by atoms with van der Waals surface area (Å²) in [6.45, 7) is 1.82. The van der Waals surface area contributed by atoms with Crippen LogP contribution in [0.4, 0.5) is 5.82 Å². The fraction of sp³-hybridized carbons (Fsp3) is 0.158. The molecular weight excluding hydrogens is 345 g/mol. The van der Waals surface area contributed by atoms with E-state index in [-0.39, 0.29) is 0 Å². The second kappa shape index (κ2) is 7.26. The van der Waals surface area contributed by atoms with Gasteiger partial charge in [-0.3, -0.25) is 0 Å². The quantitative estimate of drug-likeness (QED) is 0.423. The molecular formula is C19H19BClN5. The maximum absolute atomic E-state index is 6.37. The van der Waals surface area contributed by atoms with Gasteiger partial charge in [0.25, 0.3) is 0 Å². The van der Waals surface area contributed by atoms with E-state index < -0.39 is 0 Å². The van der Waals surface area contributed by atoms with Crippen molar-refractivity contribution in [3.8, 4) is 11.3 Å². The minimum atomic E-state index is 0.695. The van der Waals surface area contributed by atoms with Crippen LogP contribution in [0.2, 0.25) is 5.02 Å². The molecule has 0 radical (unpaired) electrons. The molecule has 5 nitrogen and oxygen atoms in total. The lowest BCUT2D eigenvalue weighted by molar-refractivity contribution is 0.663. The monoisotopic (exact) mass is 363 g/mol. The molecule has 130 valence electrons. The predicted octanol–water partition coefficient (Wildman–Crippen LogP) is 2.61. The molecule has 0 aliphatic rings. The minimum absolute atomic E-state index is 0.695. The van der Waals surface area contributed by atoms with Gasteiger partial charge in [-0.05, 0) is 30.1 Å². The van der Waals surface area contributed by atoms with E-state index in [2.05, 4.69) is 27.4 Å². The molecule has 0 spiro atoms. The zero-order valence-electron chi connectivity index (χ0n) is 14.6. The molecule has 0 atom stereocenters. The first-order chi connectivity index (χ1) is 12.7. The molecule has 0 amide bonds. The minimum Gasteiger partial charge on any atom is -0.370 e. The summed E-state index contributed by atoms with van der Waals surface area (Å²) in [7, 11) is 2.02. The molecule has 1 aromatic carbocycles. The number of hydrogen-bond acceptors (Lipinski definition) is 3. The molecule has 0 saturated heterocycles. The fourth-order valence-electron chi connectivity index (χ4n) is 3.00. The molecule has 0 aliphatic heterocycles. The van der Waals surface area contributed by atoms with E-state index >= 15 is 0 Å². The Labute approximate surface area is 158 Å². The highest BCUT2D eigenvalue weighted by molar-refractivity contribution is 6.36. The number of benzene rings is 1. The number of rotatable bonds is 6. The Morgan fingerprint density at radius 1 is 1.12 bits per heavy atom. The van der Waals surface area contributed by atoms with E-state index in [1.54, 1.807) is 0 Å². The number of nitrogens with zero attached hydrogens (tertiary/aromatic N) is 4. The number of halogens is 1. The van der Waals surface area contributed by atoms with Crippen molar-refractivity contribution in [2.75, 3.05) is 11.9 Å². The zero-order chi connectivity index (χ0) is 17.9. The second-order valence-electron chi connectivity index (χ2n) is 6.27. The van der Waals surface area contributed by atoms with Crippen molar-refractivity contribution in [2.45, 2.75) is 13.0 Å². The standard InChI is InChI=1S/C19H19BClN5/c20-15-13-23-26-18(22-8-5-11-25-9-3-4-10-25)12-17(24-19(15)26)14-6-1-2-7-16(14)21/h1-4,6-7,9-10,12-13,22H,5,8,11,20H2. The van der Waals surface area contributed by atoms with Crippen LogP contribution in [0.1, 0.15) is 6.42 Å². The molecule has 7 heteroatoms. The summed E-state index contributed by atoms with van der Waals surface area (Å²) < 4.78 is 4.03. The topological polar surface area (TPSA) is 47.1 Å². The van der Waals surface area contributed by atoms with Crippen LogP contribution in [0.5, 0.6) is 0 Å². The van der Waals surface area contributed by atoms with Crippen LogP contribution >= 0.6 is 11.6 Å². The molecule has 4 rings (SSSR count). The second-order valence-corrected chi connectivity index (χ2v) is 6.68. The summed E-state index contributed by atoms with van der Waals surface area (Å²) in [6, 6.07) is 13.9. The molecule has 0 fully saturated rings. The van der Waals surface area contributed by atoms with Crippen molar-refractivity contribution < 1.29 is 0 Å². The third-order valence-corrected chi connectivity index (χ3v) is 4.69. The molecule has 0 saturated carbocycles. The van der Waals surface area contributed by atoms with Crippen molar-refractivity contribution >= 4 is 36.4 Å².